The van der Waals surface area contributed by atoms with Crippen LogP contribution in [0.3, 0.4) is 0 Å². The van der Waals surface area contributed by atoms with E-state index in [2.05, 4.69) is 26.2 Å². The topological polar surface area (TPSA) is 62.2 Å². The lowest BCUT2D eigenvalue weighted by atomic mass is 10.1. The number of carboxylic acid groups (broad SMARTS) is 1. The number of nitrogens with one attached hydrogen (secondary N) is 1. The van der Waals surface area contributed by atoms with Gasteiger partial charge in [-0.15, -0.1) is 0 Å². The molecule has 1 heterocycles. The Hall–Kier alpha value is -2.40. The minimum absolute atomic E-state index is 0.257. The van der Waals surface area contributed by atoms with Gasteiger partial charge in [-0.05, 0) is 52.3 Å². The van der Waals surface area contributed by atoms with Gasteiger partial charge in [0, 0.05) is 9.86 Å². The van der Waals surface area contributed by atoms with Crippen molar-refractivity contribution in [2.45, 2.75) is 0 Å². The van der Waals surface area contributed by atoms with E-state index in [1.165, 1.54) is 0 Å². The van der Waals surface area contributed by atoms with Crippen LogP contribution in [0.5, 0.6) is 0 Å². The molecule has 104 valence electrons. The van der Waals surface area contributed by atoms with Gasteiger partial charge in [-0.3, -0.25) is 0 Å². The summed E-state index contributed by atoms with van der Waals surface area (Å²) in [5, 5.41) is 13.0. The summed E-state index contributed by atoms with van der Waals surface area (Å²) in [6, 6.07) is 16.3. The van der Waals surface area contributed by atoms with Crippen molar-refractivity contribution in [2.75, 3.05) is 5.32 Å². The minimum atomic E-state index is -0.950. The number of benzene rings is 2. The highest BCUT2D eigenvalue weighted by atomic mass is 79.9. The second-order valence-electron chi connectivity index (χ2n) is 4.48. The Kier molecular flexibility index (Phi) is 3.58. The fourth-order valence-corrected chi connectivity index (χ4v) is 2.50. The smallest absolute Gasteiger partial charge is 0.336 e. The molecule has 2 aromatic carbocycles. The number of carbonyl (C=O) groups is 1. The van der Waals surface area contributed by atoms with Crippen LogP contribution < -0.4 is 5.32 Å². The third-order valence-electron chi connectivity index (χ3n) is 3.10. The van der Waals surface area contributed by atoms with E-state index in [0.717, 1.165) is 10.2 Å². The molecule has 0 radical (unpaired) electrons. The molecular weight excluding hydrogens is 332 g/mol. The van der Waals surface area contributed by atoms with Crippen molar-refractivity contribution in [3.05, 3.63) is 64.6 Å². The van der Waals surface area contributed by atoms with Gasteiger partial charge in [0.1, 0.15) is 5.82 Å². The third-order valence-corrected chi connectivity index (χ3v) is 3.79. The average molecular weight is 343 g/mol. The molecule has 3 aromatic rings. The highest BCUT2D eigenvalue weighted by Gasteiger charge is 2.09. The van der Waals surface area contributed by atoms with Gasteiger partial charge in [-0.2, -0.15) is 0 Å². The summed E-state index contributed by atoms with van der Waals surface area (Å²) >= 11 is 3.47. The van der Waals surface area contributed by atoms with Crippen molar-refractivity contribution >= 4 is 44.3 Å². The van der Waals surface area contributed by atoms with Crippen molar-refractivity contribution in [3.8, 4) is 0 Å². The van der Waals surface area contributed by atoms with E-state index in [4.69, 9.17) is 0 Å². The van der Waals surface area contributed by atoms with Crippen LogP contribution >= 0.6 is 15.9 Å². The molecule has 0 atom stereocenters. The molecule has 0 aliphatic heterocycles. The monoisotopic (exact) mass is 342 g/mol. The summed E-state index contributed by atoms with van der Waals surface area (Å²) in [7, 11) is 0. The molecule has 4 nitrogen and oxygen atoms in total. The zero-order chi connectivity index (χ0) is 14.8. The number of aromatic nitrogens is 1. The van der Waals surface area contributed by atoms with Crippen LogP contribution in [0.4, 0.5) is 11.5 Å². The number of anilines is 2. The van der Waals surface area contributed by atoms with E-state index in [9.17, 15) is 9.90 Å². The highest BCUT2D eigenvalue weighted by molar-refractivity contribution is 9.10. The van der Waals surface area contributed by atoms with Crippen LogP contribution in [-0.2, 0) is 0 Å². The number of fused-ring (bicyclic) bond motifs is 1. The second kappa shape index (κ2) is 5.54. The molecule has 0 fully saturated rings. The molecule has 0 saturated heterocycles. The minimum Gasteiger partial charge on any atom is -0.478 e. The molecular formula is C16H11BrN2O2. The lowest BCUT2D eigenvalue weighted by molar-refractivity contribution is 0.0699. The molecule has 21 heavy (non-hydrogen) atoms. The van der Waals surface area contributed by atoms with Gasteiger partial charge in [0.15, 0.2) is 0 Å². The Morgan fingerprint density at radius 3 is 2.62 bits per heavy atom. The molecule has 0 bridgehead atoms. The van der Waals surface area contributed by atoms with E-state index in [1.54, 1.807) is 30.3 Å². The van der Waals surface area contributed by atoms with E-state index in [-0.39, 0.29) is 5.56 Å². The Morgan fingerprint density at radius 1 is 1.05 bits per heavy atom. The van der Waals surface area contributed by atoms with Gasteiger partial charge in [0.25, 0.3) is 0 Å². The first kappa shape index (κ1) is 13.6. The van der Waals surface area contributed by atoms with Crippen LogP contribution in [0.15, 0.2) is 59.1 Å². The number of hydrogen-bond acceptors (Lipinski definition) is 3. The van der Waals surface area contributed by atoms with E-state index < -0.39 is 5.97 Å². The lowest BCUT2D eigenvalue weighted by Crippen LogP contribution is -1.99. The zero-order valence-electron chi connectivity index (χ0n) is 10.9. The van der Waals surface area contributed by atoms with Crippen molar-refractivity contribution in [1.29, 1.82) is 0 Å². The summed E-state index contributed by atoms with van der Waals surface area (Å²) in [6.07, 6.45) is 0. The molecule has 0 amide bonds. The van der Waals surface area contributed by atoms with Gasteiger partial charge in [-0.1, -0.05) is 18.2 Å². The molecule has 0 aliphatic rings. The summed E-state index contributed by atoms with van der Waals surface area (Å²) in [5.41, 5.74) is 1.80. The zero-order valence-corrected chi connectivity index (χ0v) is 12.5. The summed E-state index contributed by atoms with van der Waals surface area (Å²) in [5.74, 6) is -0.286. The summed E-state index contributed by atoms with van der Waals surface area (Å²) in [4.78, 5) is 15.6. The van der Waals surface area contributed by atoms with Crippen molar-refractivity contribution in [1.82, 2.24) is 4.98 Å². The van der Waals surface area contributed by atoms with E-state index >= 15 is 0 Å². The van der Waals surface area contributed by atoms with Crippen LogP contribution in [-0.4, -0.2) is 16.1 Å². The highest BCUT2D eigenvalue weighted by Crippen LogP contribution is 2.26. The van der Waals surface area contributed by atoms with Gasteiger partial charge in [-0.25, -0.2) is 9.78 Å². The molecule has 0 saturated carbocycles. The number of aromatic carboxylic acids is 1. The molecule has 5 heteroatoms. The quantitative estimate of drug-likeness (QED) is 0.738. The number of pyridine rings is 1. The van der Waals surface area contributed by atoms with Gasteiger partial charge >= 0.3 is 5.97 Å². The SMILES string of the molecule is O=C(O)c1cccc2nc(Nc3ccccc3Br)ccc12. The Labute approximate surface area is 129 Å². The average Bonchev–Trinajstić information content (AvgIpc) is 2.48. The normalized spacial score (nSPS) is 10.5. The molecule has 0 aliphatic carbocycles. The maximum Gasteiger partial charge on any atom is 0.336 e. The van der Waals surface area contributed by atoms with E-state index in [0.29, 0.717) is 16.7 Å². The van der Waals surface area contributed by atoms with Crippen molar-refractivity contribution in [3.63, 3.8) is 0 Å². The van der Waals surface area contributed by atoms with Crippen LogP contribution in [0, 0.1) is 0 Å². The molecule has 2 N–H and O–H groups in total. The van der Waals surface area contributed by atoms with Crippen molar-refractivity contribution in [2.24, 2.45) is 0 Å². The predicted molar refractivity (Wildman–Crippen MR) is 86.1 cm³/mol. The first-order chi connectivity index (χ1) is 10.1. The Balaban J connectivity index is 2.03. The summed E-state index contributed by atoms with van der Waals surface area (Å²) in [6.45, 7) is 0. The number of halogens is 1. The maximum atomic E-state index is 11.2. The first-order valence-corrected chi connectivity index (χ1v) is 7.09. The molecule has 3 rings (SSSR count). The number of hydrogen-bond donors (Lipinski definition) is 2. The van der Waals surface area contributed by atoms with Gasteiger partial charge in [0.05, 0.1) is 16.8 Å². The third kappa shape index (κ3) is 2.73. The van der Waals surface area contributed by atoms with E-state index in [1.807, 2.05) is 24.3 Å². The largest absolute Gasteiger partial charge is 0.478 e. The number of rotatable bonds is 3. The molecule has 1 aromatic heterocycles. The Morgan fingerprint density at radius 2 is 1.86 bits per heavy atom. The number of para-hydroxylation sites is 1. The lowest BCUT2D eigenvalue weighted by Gasteiger charge is -2.09. The summed E-state index contributed by atoms with van der Waals surface area (Å²) < 4.78 is 0.936. The maximum absolute atomic E-state index is 11.2. The number of nitrogens with zero attached hydrogens (tertiary/aromatic N) is 1. The number of carboxylic acids is 1. The first-order valence-electron chi connectivity index (χ1n) is 6.30. The van der Waals surface area contributed by atoms with Crippen LogP contribution in [0.25, 0.3) is 10.9 Å². The Bertz CT molecular complexity index is 833. The fraction of sp³-hybridized carbons (Fsp3) is 0. The van der Waals surface area contributed by atoms with Crippen molar-refractivity contribution < 1.29 is 9.90 Å². The van der Waals surface area contributed by atoms with Gasteiger partial charge in [0.2, 0.25) is 0 Å². The second-order valence-corrected chi connectivity index (χ2v) is 5.33. The predicted octanol–water partition coefficient (Wildman–Crippen LogP) is 4.44. The molecule has 0 spiro atoms. The standard InChI is InChI=1S/C16H11BrN2O2/c17-12-5-1-2-6-14(12)19-15-9-8-10-11(16(20)21)4-3-7-13(10)18-15/h1-9H,(H,18,19)(H,20,21). The van der Waals surface area contributed by atoms with Gasteiger partial charge < -0.3 is 10.4 Å². The fourth-order valence-electron chi connectivity index (χ4n) is 2.11. The molecule has 0 unspecified atom stereocenters. The van der Waals surface area contributed by atoms with Crippen LogP contribution in [0.1, 0.15) is 10.4 Å². The van der Waals surface area contributed by atoms with Crippen LogP contribution in [0.2, 0.25) is 0 Å².